The van der Waals surface area contributed by atoms with Crippen molar-refractivity contribution >= 4 is 32.4 Å². The fourth-order valence-corrected chi connectivity index (χ4v) is 6.71. The lowest BCUT2D eigenvalue weighted by molar-refractivity contribution is 0.102. The van der Waals surface area contributed by atoms with Crippen LogP contribution in [0.1, 0.15) is 48.5 Å². The molecule has 0 aliphatic carbocycles. The lowest BCUT2D eigenvalue weighted by Gasteiger charge is -2.34. The Labute approximate surface area is 234 Å². The van der Waals surface area contributed by atoms with E-state index < -0.39 is 15.6 Å². The third-order valence-corrected chi connectivity index (χ3v) is 9.09. The zero-order chi connectivity index (χ0) is 28.2. The standard InChI is InChI=1S/C30H33N3O4S2/c1-6-37-25-16-12-23(13-17-25)27-21(2)38-29(31-27)32-28(34)24-14-18-26(19-15-24)39(35,36)33(30(3,4)5)20-22-10-8-7-9-11-22/h7-19H,6,20H2,1-5H3,(H,31,32,34). The molecule has 0 radical (unpaired) electrons. The quantitative estimate of drug-likeness (QED) is 0.243. The second kappa shape index (κ2) is 11.7. The Morgan fingerprint density at radius 3 is 2.21 bits per heavy atom. The van der Waals surface area contributed by atoms with E-state index in [1.165, 1.54) is 39.9 Å². The molecule has 9 heteroatoms. The van der Waals surface area contributed by atoms with Gasteiger partial charge in [-0.1, -0.05) is 30.3 Å². The average Bonchev–Trinajstić information content (AvgIpc) is 3.27. The molecule has 0 bridgehead atoms. The number of amides is 1. The highest BCUT2D eigenvalue weighted by molar-refractivity contribution is 7.89. The van der Waals surface area contributed by atoms with E-state index in [0.29, 0.717) is 17.3 Å². The summed E-state index contributed by atoms with van der Waals surface area (Å²) in [7, 11) is -3.82. The van der Waals surface area contributed by atoms with Crippen molar-refractivity contribution in [3.63, 3.8) is 0 Å². The Bertz CT molecular complexity index is 1520. The molecule has 0 saturated carbocycles. The monoisotopic (exact) mass is 563 g/mol. The Morgan fingerprint density at radius 1 is 0.974 bits per heavy atom. The molecule has 4 aromatic rings. The Hall–Kier alpha value is -3.53. The fraction of sp³-hybridized carbons (Fsp3) is 0.267. The number of hydrogen-bond donors (Lipinski definition) is 1. The van der Waals surface area contributed by atoms with E-state index in [-0.39, 0.29) is 17.3 Å². The molecule has 204 valence electrons. The number of anilines is 1. The second-order valence-electron chi connectivity index (χ2n) is 10.0. The van der Waals surface area contributed by atoms with Gasteiger partial charge in [0.05, 0.1) is 17.2 Å². The van der Waals surface area contributed by atoms with Crippen LogP contribution in [-0.2, 0) is 16.6 Å². The third kappa shape index (κ3) is 6.73. The smallest absolute Gasteiger partial charge is 0.257 e. The van der Waals surface area contributed by atoms with Crippen LogP contribution in [0.3, 0.4) is 0 Å². The topological polar surface area (TPSA) is 88.6 Å². The summed E-state index contributed by atoms with van der Waals surface area (Å²) >= 11 is 1.38. The largest absolute Gasteiger partial charge is 0.494 e. The van der Waals surface area contributed by atoms with Gasteiger partial charge in [0.1, 0.15) is 5.75 Å². The number of rotatable bonds is 9. The van der Waals surface area contributed by atoms with Crippen LogP contribution in [0.5, 0.6) is 5.75 Å². The molecular weight excluding hydrogens is 530 g/mol. The first kappa shape index (κ1) is 28.5. The van der Waals surface area contributed by atoms with Crippen molar-refractivity contribution in [1.29, 1.82) is 0 Å². The minimum atomic E-state index is -3.82. The molecule has 0 saturated heterocycles. The third-order valence-electron chi connectivity index (χ3n) is 6.08. The Morgan fingerprint density at radius 2 is 1.62 bits per heavy atom. The maximum absolute atomic E-state index is 13.6. The molecule has 0 unspecified atom stereocenters. The second-order valence-corrected chi connectivity index (χ2v) is 13.1. The number of nitrogens with one attached hydrogen (secondary N) is 1. The number of hydrogen-bond acceptors (Lipinski definition) is 6. The van der Waals surface area contributed by atoms with E-state index in [4.69, 9.17) is 4.74 Å². The summed E-state index contributed by atoms with van der Waals surface area (Å²) in [5.74, 6) is 0.432. The normalized spacial score (nSPS) is 11.9. The zero-order valence-electron chi connectivity index (χ0n) is 22.8. The van der Waals surface area contributed by atoms with Gasteiger partial charge in [-0.2, -0.15) is 4.31 Å². The molecule has 0 fully saturated rings. The number of carbonyl (C=O) groups excluding carboxylic acids is 1. The molecule has 0 aliphatic rings. The van der Waals surface area contributed by atoms with E-state index in [1.807, 2.05) is 89.2 Å². The van der Waals surface area contributed by atoms with Gasteiger partial charge in [-0.05, 0) is 88.7 Å². The number of aromatic nitrogens is 1. The van der Waals surface area contributed by atoms with Gasteiger partial charge in [-0.15, -0.1) is 11.3 Å². The molecule has 3 aromatic carbocycles. The van der Waals surface area contributed by atoms with E-state index >= 15 is 0 Å². The maximum atomic E-state index is 13.6. The van der Waals surface area contributed by atoms with E-state index in [9.17, 15) is 13.2 Å². The first-order valence-electron chi connectivity index (χ1n) is 12.7. The first-order valence-corrected chi connectivity index (χ1v) is 14.9. The van der Waals surface area contributed by atoms with Gasteiger partial charge in [0.25, 0.3) is 5.91 Å². The minimum absolute atomic E-state index is 0.132. The number of nitrogens with zero attached hydrogens (tertiary/aromatic N) is 2. The van der Waals surface area contributed by atoms with Gasteiger partial charge in [0, 0.05) is 28.1 Å². The maximum Gasteiger partial charge on any atom is 0.257 e. The van der Waals surface area contributed by atoms with E-state index in [2.05, 4.69) is 10.3 Å². The summed E-state index contributed by atoms with van der Waals surface area (Å²) in [4.78, 5) is 18.7. The van der Waals surface area contributed by atoms with Crippen LogP contribution in [0, 0.1) is 6.92 Å². The first-order chi connectivity index (χ1) is 18.5. The lowest BCUT2D eigenvalue weighted by atomic mass is 10.1. The molecule has 4 rings (SSSR count). The van der Waals surface area contributed by atoms with Crippen molar-refractivity contribution in [3.8, 4) is 17.0 Å². The predicted molar refractivity (Wildman–Crippen MR) is 157 cm³/mol. The summed E-state index contributed by atoms with van der Waals surface area (Å²) in [5.41, 5.74) is 2.32. The SMILES string of the molecule is CCOc1ccc(-c2nc(NC(=O)c3ccc(S(=O)(=O)N(Cc4ccccc4)C(C)(C)C)cc3)sc2C)cc1. The van der Waals surface area contributed by atoms with E-state index in [0.717, 1.165) is 27.4 Å². The van der Waals surface area contributed by atoms with Crippen molar-refractivity contribution in [2.75, 3.05) is 11.9 Å². The van der Waals surface area contributed by atoms with Crippen LogP contribution in [0.2, 0.25) is 0 Å². The number of benzene rings is 3. The highest BCUT2D eigenvalue weighted by Gasteiger charge is 2.34. The molecule has 1 N–H and O–H groups in total. The van der Waals surface area contributed by atoms with Gasteiger partial charge in [0.2, 0.25) is 10.0 Å². The molecule has 0 atom stereocenters. The Kier molecular flexibility index (Phi) is 8.54. The molecule has 1 heterocycles. The number of aryl methyl sites for hydroxylation is 1. The van der Waals surface area contributed by atoms with Gasteiger partial charge >= 0.3 is 0 Å². The van der Waals surface area contributed by atoms with Crippen LogP contribution in [0.4, 0.5) is 5.13 Å². The van der Waals surface area contributed by atoms with Gasteiger partial charge in [-0.25, -0.2) is 13.4 Å². The molecular formula is C30H33N3O4S2. The van der Waals surface area contributed by atoms with Crippen molar-refractivity contribution in [2.24, 2.45) is 0 Å². The predicted octanol–water partition coefficient (Wildman–Crippen LogP) is 6.76. The minimum Gasteiger partial charge on any atom is -0.494 e. The van der Waals surface area contributed by atoms with Crippen molar-refractivity contribution in [3.05, 3.63) is 94.9 Å². The zero-order valence-corrected chi connectivity index (χ0v) is 24.4. The molecule has 0 aliphatic heterocycles. The van der Waals surface area contributed by atoms with Crippen LogP contribution in [-0.4, -0.2) is 35.8 Å². The van der Waals surface area contributed by atoms with Crippen molar-refractivity contribution in [1.82, 2.24) is 9.29 Å². The highest BCUT2D eigenvalue weighted by atomic mass is 32.2. The van der Waals surface area contributed by atoms with Gasteiger partial charge in [-0.3, -0.25) is 10.1 Å². The van der Waals surface area contributed by atoms with Crippen LogP contribution in [0.25, 0.3) is 11.3 Å². The van der Waals surface area contributed by atoms with Crippen LogP contribution < -0.4 is 10.1 Å². The fourth-order valence-electron chi connectivity index (χ4n) is 4.10. The van der Waals surface area contributed by atoms with Crippen LogP contribution in [0.15, 0.2) is 83.8 Å². The van der Waals surface area contributed by atoms with Gasteiger partial charge in [0.15, 0.2) is 5.13 Å². The molecule has 1 amide bonds. The Balaban J connectivity index is 1.50. The number of thiazole rings is 1. The summed E-state index contributed by atoms with van der Waals surface area (Å²) in [6.45, 7) is 10.3. The summed E-state index contributed by atoms with van der Waals surface area (Å²) in [6.07, 6.45) is 0. The van der Waals surface area contributed by atoms with Crippen molar-refractivity contribution < 1.29 is 17.9 Å². The van der Waals surface area contributed by atoms with Crippen LogP contribution >= 0.6 is 11.3 Å². The van der Waals surface area contributed by atoms with Crippen molar-refractivity contribution in [2.45, 2.75) is 51.6 Å². The summed E-state index contributed by atoms with van der Waals surface area (Å²) < 4.78 is 34.2. The molecule has 1 aromatic heterocycles. The summed E-state index contributed by atoms with van der Waals surface area (Å²) in [5, 5.41) is 3.31. The number of sulfonamides is 1. The number of ether oxygens (including phenoxy) is 1. The summed E-state index contributed by atoms with van der Waals surface area (Å²) in [6, 6.07) is 23.2. The lowest BCUT2D eigenvalue weighted by Crippen LogP contribution is -2.44. The van der Waals surface area contributed by atoms with Gasteiger partial charge < -0.3 is 4.74 Å². The average molecular weight is 564 g/mol. The van der Waals surface area contributed by atoms with E-state index in [1.54, 1.807) is 0 Å². The highest BCUT2D eigenvalue weighted by Crippen LogP contribution is 2.32. The molecule has 39 heavy (non-hydrogen) atoms. The molecule has 7 nitrogen and oxygen atoms in total. The number of carbonyl (C=O) groups is 1. The molecule has 0 spiro atoms.